The number of guanidine groups is 1. The summed E-state index contributed by atoms with van der Waals surface area (Å²) in [6.45, 7) is 9.47. The highest BCUT2D eigenvalue weighted by molar-refractivity contribution is 14.0. The molecule has 0 spiro atoms. The quantitative estimate of drug-likeness (QED) is 0.299. The number of nitrogens with zero attached hydrogens (tertiary/aromatic N) is 4. The molecule has 2 aromatic rings. The number of aromatic nitrogens is 2. The number of aliphatic imine (C=N–C) groups is 1. The molecule has 1 aliphatic rings. The number of aryl methyl sites for hydroxylation is 1. The predicted molar refractivity (Wildman–Crippen MR) is 133 cm³/mol. The summed E-state index contributed by atoms with van der Waals surface area (Å²) in [4.78, 5) is 7.44. The summed E-state index contributed by atoms with van der Waals surface area (Å²) in [6.07, 6.45) is 6.43. The van der Waals surface area contributed by atoms with Crippen molar-refractivity contribution in [3.05, 3.63) is 47.8 Å². The van der Waals surface area contributed by atoms with E-state index >= 15 is 0 Å². The number of likely N-dealkylation sites (tertiary alicyclic amines) is 1. The van der Waals surface area contributed by atoms with Crippen molar-refractivity contribution in [2.45, 2.75) is 39.3 Å². The summed E-state index contributed by atoms with van der Waals surface area (Å²) in [5, 5.41) is 11.1. The molecule has 0 aliphatic carbocycles. The minimum Gasteiger partial charge on any atom is -0.496 e. The number of para-hydroxylation sites is 1. The minimum atomic E-state index is 0. The fourth-order valence-electron chi connectivity index (χ4n) is 3.80. The lowest BCUT2D eigenvalue weighted by atomic mass is 10.0. The number of rotatable bonds is 9. The standard InChI is InChI=1S/C22H34N6O.HI/c1-4-23-22(24-11-14-28-17-18(2)15-26-28)25-16-20(27-12-7-8-13-27)19-9-5-6-10-21(19)29-3;/h5-6,9-10,15,17,20H,4,7-8,11-14,16H2,1-3H3,(H2,23,24,25);1H. The van der Waals surface area contributed by atoms with E-state index in [1.165, 1.54) is 24.0 Å². The van der Waals surface area contributed by atoms with Crippen LogP contribution < -0.4 is 15.4 Å². The maximum atomic E-state index is 5.64. The van der Waals surface area contributed by atoms with Crippen molar-refractivity contribution in [3.8, 4) is 5.75 Å². The molecule has 0 radical (unpaired) electrons. The molecule has 1 atom stereocenters. The summed E-state index contributed by atoms with van der Waals surface area (Å²) < 4.78 is 7.59. The summed E-state index contributed by atoms with van der Waals surface area (Å²) in [5.74, 6) is 1.78. The summed E-state index contributed by atoms with van der Waals surface area (Å²) in [7, 11) is 1.74. The van der Waals surface area contributed by atoms with E-state index in [1.54, 1.807) is 7.11 Å². The van der Waals surface area contributed by atoms with Crippen molar-refractivity contribution in [1.29, 1.82) is 0 Å². The Bertz CT molecular complexity index is 787. The first-order chi connectivity index (χ1) is 14.2. The van der Waals surface area contributed by atoms with Gasteiger partial charge in [0.05, 0.1) is 32.4 Å². The third-order valence-corrected chi connectivity index (χ3v) is 5.24. The van der Waals surface area contributed by atoms with E-state index in [0.29, 0.717) is 6.54 Å². The zero-order valence-corrected chi connectivity index (χ0v) is 20.6. The van der Waals surface area contributed by atoms with E-state index in [-0.39, 0.29) is 30.0 Å². The molecule has 2 heterocycles. The number of ether oxygens (including phenoxy) is 1. The van der Waals surface area contributed by atoms with Crippen molar-refractivity contribution < 1.29 is 4.74 Å². The van der Waals surface area contributed by atoms with Gasteiger partial charge < -0.3 is 15.4 Å². The average molecular weight is 526 g/mol. The molecule has 0 bridgehead atoms. The van der Waals surface area contributed by atoms with Gasteiger partial charge in [-0.25, -0.2) is 0 Å². The monoisotopic (exact) mass is 526 g/mol. The number of halogens is 1. The molecular formula is C22H35IN6O. The predicted octanol–water partition coefficient (Wildman–Crippen LogP) is 3.21. The zero-order valence-electron chi connectivity index (χ0n) is 18.3. The van der Waals surface area contributed by atoms with Crippen molar-refractivity contribution >= 4 is 29.9 Å². The first-order valence-electron chi connectivity index (χ1n) is 10.6. The normalized spacial score (nSPS) is 15.5. The Balaban J connectivity index is 0.00000320. The number of nitrogens with one attached hydrogen (secondary N) is 2. The third-order valence-electron chi connectivity index (χ3n) is 5.24. The Hall–Kier alpha value is -1.81. The molecule has 1 fully saturated rings. The third kappa shape index (κ3) is 6.87. The molecule has 1 saturated heterocycles. The molecule has 2 N–H and O–H groups in total. The molecule has 0 amide bonds. The Morgan fingerprint density at radius 1 is 1.23 bits per heavy atom. The minimum absolute atomic E-state index is 0. The fourth-order valence-corrected chi connectivity index (χ4v) is 3.80. The van der Waals surface area contributed by atoms with Crippen LogP contribution in [0.5, 0.6) is 5.75 Å². The highest BCUT2D eigenvalue weighted by Gasteiger charge is 2.25. The van der Waals surface area contributed by atoms with Gasteiger partial charge in [0.2, 0.25) is 0 Å². The lowest BCUT2D eigenvalue weighted by Gasteiger charge is -2.28. The van der Waals surface area contributed by atoms with E-state index in [1.807, 2.05) is 23.0 Å². The number of hydrogen-bond acceptors (Lipinski definition) is 4. The van der Waals surface area contributed by atoms with Crippen molar-refractivity contribution in [3.63, 3.8) is 0 Å². The van der Waals surface area contributed by atoms with Gasteiger partial charge in [-0.2, -0.15) is 5.10 Å². The molecule has 1 unspecified atom stereocenters. The number of methoxy groups -OCH3 is 1. The Kier molecular flexibility index (Phi) is 10.4. The van der Waals surface area contributed by atoms with Gasteiger partial charge in [0.25, 0.3) is 0 Å². The second-order valence-corrected chi connectivity index (χ2v) is 7.43. The highest BCUT2D eigenvalue weighted by atomic mass is 127. The fraction of sp³-hybridized carbons (Fsp3) is 0.545. The topological polar surface area (TPSA) is 66.7 Å². The lowest BCUT2D eigenvalue weighted by Crippen LogP contribution is -2.39. The number of hydrogen-bond donors (Lipinski definition) is 2. The van der Waals surface area contributed by atoms with Crippen LogP contribution in [0.25, 0.3) is 0 Å². The van der Waals surface area contributed by atoms with Crippen LogP contribution in [-0.2, 0) is 6.54 Å². The molecule has 7 nitrogen and oxygen atoms in total. The van der Waals surface area contributed by atoms with Gasteiger partial charge in [0.1, 0.15) is 5.75 Å². The van der Waals surface area contributed by atoms with Crippen LogP contribution in [0, 0.1) is 6.92 Å². The largest absolute Gasteiger partial charge is 0.496 e. The second-order valence-electron chi connectivity index (χ2n) is 7.43. The second kappa shape index (κ2) is 12.8. The van der Waals surface area contributed by atoms with E-state index in [2.05, 4.69) is 52.8 Å². The van der Waals surface area contributed by atoms with Gasteiger partial charge in [-0.05, 0) is 51.4 Å². The Morgan fingerprint density at radius 3 is 2.67 bits per heavy atom. The molecule has 30 heavy (non-hydrogen) atoms. The summed E-state index contributed by atoms with van der Waals surface area (Å²) in [5.41, 5.74) is 2.39. The average Bonchev–Trinajstić information content (AvgIpc) is 3.40. The van der Waals surface area contributed by atoms with Crippen molar-refractivity contribution in [2.75, 3.05) is 39.8 Å². The van der Waals surface area contributed by atoms with Crippen LogP contribution in [-0.4, -0.2) is 60.5 Å². The van der Waals surface area contributed by atoms with Gasteiger partial charge in [-0.15, -0.1) is 24.0 Å². The molecule has 166 valence electrons. The highest BCUT2D eigenvalue weighted by Crippen LogP contribution is 2.31. The van der Waals surface area contributed by atoms with Crippen molar-refractivity contribution in [1.82, 2.24) is 25.3 Å². The first-order valence-corrected chi connectivity index (χ1v) is 10.6. The molecule has 1 aromatic carbocycles. The van der Waals surface area contributed by atoms with Crippen LogP contribution >= 0.6 is 24.0 Å². The van der Waals surface area contributed by atoms with Gasteiger partial charge in [0, 0.05) is 24.8 Å². The molecule has 1 aliphatic heterocycles. The smallest absolute Gasteiger partial charge is 0.191 e. The Morgan fingerprint density at radius 2 is 2.00 bits per heavy atom. The van der Waals surface area contributed by atoms with Gasteiger partial charge in [-0.1, -0.05) is 18.2 Å². The van der Waals surface area contributed by atoms with E-state index in [9.17, 15) is 0 Å². The van der Waals surface area contributed by atoms with Crippen LogP contribution in [0.3, 0.4) is 0 Å². The van der Waals surface area contributed by atoms with Gasteiger partial charge in [-0.3, -0.25) is 14.6 Å². The van der Waals surface area contributed by atoms with Crippen LogP contribution in [0.2, 0.25) is 0 Å². The first kappa shape index (κ1) is 24.5. The van der Waals surface area contributed by atoms with Crippen LogP contribution in [0.15, 0.2) is 41.7 Å². The zero-order chi connectivity index (χ0) is 20.5. The molecule has 0 saturated carbocycles. The maximum Gasteiger partial charge on any atom is 0.191 e. The SMILES string of the molecule is CCNC(=NCC(c1ccccc1OC)N1CCCC1)NCCn1cc(C)cn1.I. The van der Waals surface area contributed by atoms with Gasteiger partial charge >= 0.3 is 0 Å². The maximum absolute atomic E-state index is 5.64. The van der Waals surface area contributed by atoms with Crippen molar-refractivity contribution in [2.24, 2.45) is 4.99 Å². The molecule has 1 aromatic heterocycles. The van der Waals surface area contributed by atoms with E-state index < -0.39 is 0 Å². The summed E-state index contributed by atoms with van der Waals surface area (Å²) in [6, 6.07) is 8.53. The van der Waals surface area contributed by atoms with E-state index in [4.69, 9.17) is 9.73 Å². The van der Waals surface area contributed by atoms with Gasteiger partial charge in [0.15, 0.2) is 5.96 Å². The lowest BCUT2D eigenvalue weighted by molar-refractivity contribution is 0.245. The molecular weight excluding hydrogens is 491 g/mol. The van der Waals surface area contributed by atoms with E-state index in [0.717, 1.165) is 44.4 Å². The summed E-state index contributed by atoms with van der Waals surface area (Å²) >= 11 is 0. The number of benzene rings is 1. The van der Waals surface area contributed by atoms with Crippen LogP contribution in [0.4, 0.5) is 0 Å². The molecule has 3 rings (SSSR count). The van der Waals surface area contributed by atoms with Crippen LogP contribution in [0.1, 0.15) is 36.9 Å². The molecule has 8 heteroatoms. The Labute approximate surface area is 197 Å².